The van der Waals surface area contributed by atoms with Crippen molar-refractivity contribution in [2.24, 2.45) is 5.73 Å². The minimum absolute atomic E-state index is 0.138. The van der Waals surface area contributed by atoms with Gasteiger partial charge in [0, 0.05) is 43.6 Å². The first kappa shape index (κ1) is 30.2. The average Bonchev–Trinajstić information content (AvgIpc) is 3.00. The van der Waals surface area contributed by atoms with Gasteiger partial charge >= 0.3 is 22.1 Å². The molecule has 0 unspecified atom stereocenters. The smallest absolute Gasteiger partial charge is 0.341 e. The molecular formula is C27H30N6O8S. The molecular weight excluding hydrogens is 568 g/mol. The number of hydrogen-bond donors (Lipinski definition) is 4. The Morgan fingerprint density at radius 2 is 1.71 bits per heavy atom. The number of nitrogens with two attached hydrogens (primary N) is 1. The van der Waals surface area contributed by atoms with E-state index in [-0.39, 0.29) is 17.2 Å². The Bertz CT molecular complexity index is 1530. The number of aromatic nitrogens is 2. The molecule has 2 aromatic carbocycles. The third kappa shape index (κ3) is 7.50. The summed E-state index contributed by atoms with van der Waals surface area (Å²) in [5.41, 5.74) is 6.69. The molecule has 2 heterocycles. The summed E-state index contributed by atoms with van der Waals surface area (Å²) in [5, 5.41) is 14.8. The maximum absolute atomic E-state index is 12.8. The van der Waals surface area contributed by atoms with Crippen molar-refractivity contribution in [3.8, 4) is 5.75 Å². The fourth-order valence-electron chi connectivity index (χ4n) is 4.27. The zero-order valence-corrected chi connectivity index (χ0v) is 23.4. The molecule has 1 aromatic heterocycles. The van der Waals surface area contributed by atoms with Gasteiger partial charge in [-0.05, 0) is 61.4 Å². The summed E-state index contributed by atoms with van der Waals surface area (Å²) >= 11 is 0. The van der Waals surface area contributed by atoms with Crippen LogP contribution in [0.1, 0.15) is 33.6 Å². The van der Waals surface area contributed by atoms with E-state index in [4.69, 9.17) is 15.6 Å². The second kappa shape index (κ2) is 13.3. The van der Waals surface area contributed by atoms with Crippen LogP contribution in [0.2, 0.25) is 0 Å². The molecule has 1 atom stereocenters. The summed E-state index contributed by atoms with van der Waals surface area (Å²) < 4.78 is 34.8. The second-order valence-electron chi connectivity index (χ2n) is 9.37. The standard InChI is InChI=1S/C27H30N6O8S/c1-40-23-15-18(5-8-22(23)33-13-9-19(10-14-33)32-27-29-11-2-12-30-27)24(34)31-16-21(28)26(37)41-42(38,39)20-6-3-17(4-7-20)25(35)36/h2-8,11-12,15,19,21H,9-10,13-14,16,28H2,1H3,(H,31,34)(H,35,36)(H,29,30,32)/t21-/m0/s1. The van der Waals surface area contributed by atoms with E-state index >= 15 is 0 Å². The predicted octanol–water partition coefficient (Wildman–Crippen LogP) is 1.25. The summed E-state index contributed by atoms with van der Waals surface area (Å²) in [6, 6.07) is 9.57. The molecule has 222 valence electrons. The SMILES string of the molecule is COc1cc(C(=O)NC[C@H](N)C(=O)OS(=O)(=O)c2ccc(C(=O)O)cc2)ccc1N1CCC(Nc2ncccn2)CC1. The molecule has 0 radical (unpaired) electrons. The van der Waals surface area contributed by atoms with Gasteiger partial charge in [0.05, 0.1) is 18.4 Å². The van der Waals surface area contributed by atoms with E-state index < -0.39 is 45.4 Å². The van der Waals surface area contributed by atoms with E-state index in [1.165, 1.54) is 7.11 Å². The highest BCUT2D eigenvalue weighted by Crippen LogP contribution is 2.32. The number of nitrogens with zero attached hydrogens (tertiary/aromatic N) is 3. The maximum atomic E-state index is 12.8. The van der Waals surface area contributed by atoms with Crippen molar-refractivity contribution < 1.29 is 36.8 Å². The molecule has 5 N–H and O–H groups in total. The lowest BCUT2D eigenvalue weighted by molar-refractivity contribution is -0.135. The number of aromatic carboxylic acids is 1. The third-order valence-electron chi connectivity index (χ3n) is 6.54. The molecule has 1 aliphatic heterocycles. The highest BCUT2D eigenvalue weighted by Gasteiger charge is 2.26. The molecule has 1 aliphatic rings. The molecule has 14 nitrogen and oxygen atoms in total. The Morgan fingerprint density at radius 1 is 1.07 bits per heavy atom. The van der Waals surface area contributed by atoms with Crippen molar-refractivity contribution >= 4 is 39.6 Å². The topological polar surface area (TPSA) is 203 Å². The fraction of sp³-hybridized carbons (Fsp3) is 0.296. The van der Waals surface area contributed by atoms with Gasteiger partial charge in [-0.2, -0.15) is 8.42 Å². The van der Waals surface area contributed by atoms with E-state index in [2.05, 4.69) is 29.7 Å². The van der Waals surface area contributed by atoms with Crippen LogP contribution in [-0.2, 0) is 19.1 Å². The van der Waals surface area contributed by atoms with Gasteiger partial charge in [-0.3, -0.25) is 4.79 Å². The number of anilines is 2. The van der Waals surface area contributed by atoms with Crippen molar-refractivity contribution in [1.29, 1.82) is 0 Å². The molecule has 0 spiro atoms. The van der Waals surface area contributed by atoms with Crippen LogP contribution in [0, 0.1) is 0 Å². The number of hydrogen-bond acceptors (Lipinski definition) is 12. The molecule has 3 aromatic rings. The summed E-state index contributed by atoms with van der Waals surface area (Å²) in [4.78, 5) is 46.1. The molecule has 0 aliphatic carbocycles. The van der Waals surface area contributed by atoms with Crippen molar-refractivity contribution in [2.75, 3.05) is 37.0 Å². The summed E-state index contributed by atoms with van der Waals surface area (Å²) in [5.74, 6) is -2.01. The highest BCUT2D eigenvalue weighted by molar-refractivity contribution is 7.87. The molecule has 0 bridgehead atoms. The van der Waals surface area contributed by atoms with Crippen LogP contribution in [0.15, 0.2) is 65.8 Å². The van der Waals surface area contributed by atoms with Gasteiger partial charge in [-0.1, -0.05) is 0 Å². The van der Waals surface area contributed by atoms with E-state index in [0.717, 1.165) is 55.9 Å². The number of carboxylic acids is 1. The number of rotatable bonds is 11. The van der Waals surface area contributed by atoms with Gasteiger partial charge in [-0.25, -0.2) is 19.6 Å². The van der Waals surface area contributed by atoms with E-state index in [1.54, 1.807) is 36.7 Å². The molecule has 4 rings (SSSR count). The fourth-order valence-corrected chi connectivity index (χ4v) is 5.18. The van der Waals surface area contributed by atoms with Crippen LogP contribution in [0.5, 0.6) is 5.75 Å². The van der Waals surface area contributed by atoms with E-state index in [9.17, 15) is 22.8 Å². The Hall–Kier alpha value is -4.76. The minimum atomic E-state index is -4.55. The van der Waals surface area contributed by atoms with Gasteiger partial charge in [0.15, 0.2) is 0 Å². The summed E-state index contributed by atoms with van der Waals surface area (Å²) in [7, 11) is -3.05. The predicted molar refractivity (Wildman–Crippen MR) is 151 cm³/mol. The number of piperidine rings is 1. The van der Waals surface area contributed by atoms with Crippen LogP contribution in [-0.4, -0.2) is 80.2 Å². The molecule has 1 amide bonds. The van der Waals surface area contributed by atoms with Gasteiger partial charge in [0.2, 0.25) is 5.95 Å². The number of nitrogens with one attached hydrogen (secondary N) is 2. The van der Waals surface area contributed by atoms with E-state index in [0.29, 0.717) is 11.7 Å². The molecule has 15 heteroatoms. The number of benzene rings is 2. The minimum Gasteiger partial charge on any atom is -0.495 e. The van der Waals surface area contributed by atoms with E-state index in [1.807, 2.05) is 0 Å². The molecule has 1 fully saturated rings. The van der Waals surface area contributed by atoms with Crippen molar-refractivity contribution in [3.63, 3.8) is 0 Å². The zero-order valence-electron chi connectivity index (χ0n) is 22.6. The monoisotopic (exact) mass is 598 g/mol. The summed E-state index contributed by atoms with van der Waals surface area (Å²) in [6.45, 7) is 1.09. The van der Waals surface area contributed by atoms with Gasteiger partial charge < -0.3 is 35.3 Å². The Morgan fingerprint density at radius 3 is 2.33 bits per heavy atom. The van der Waals surface area contributed by atoms with Crippen LogP contribution in [0.25, 0.3) is 0 Å². The van der Waals surface area contributed by atoms with Crippen molar-refractivity contribution in [3.05, 3.63) is 72.1 Å². The number of carboxylic acid groups (broad SMARTS) is 1. The Balaban J connectivity index is 1.30. The number of carbonyl (C=O) groups excluding carboxylic acids is 2. The quantitative estimate of drug-likeness (QED) is 0.230. The van der Waals surface area contributed by atoms with Gasteiger partial charge in [0.25, 0.3) is 5.91 Å². The normalized spacial score (nSPS) is 14.5. The lowest BCUT2D eigenvalue weighted by Crippen LogP contribution is -2.44. The molecule has 1 saturated heterocycles. The summed E-state index contributed by atoms with van der Waals surface area (Å²) in [6.07, 6.45) is 5.06. The Labute approximate surface area is 242 Å². The van der Waals surface area contributed by atoms with Crippen molar-refractivity contribution in [2.45, 2.75) is 29.8 Å². The van der Waals surface area contributed by atoms with Crippen LogP contribution in [0.4, 0.5) is 11.6 Å². The zero-order chi connectivity index (χ0) is 30.3. The first-order chi connectivity index (χ1) is 20.1. The highest BCUT2D eigenvalue weighted by atomic mass is 32.2. The Kier molecular flexibility index (Phi) is 9.54. The number of methoxy groups -OCH3 is 1. The van der Waals surface area contributed by atoms with Crippen LogP contribution >= 0.6 is 0 Å². The first-order valence-corrected chi connectivity index (χ1v) is 14.3. The number of amides is 1. The largest absolute Gasteiger partial charge is 0.495 e. The maximum Gasteiger partial charge on any atom is 0.341 e. The van der Waals surface area contributed by atoms with Crippen LogP contribution < -0.4 is 26.0 Å². The lowest BCUT2D eigenvalue weighted by atomic mass is 10.0. The number of ether oxygens (including phenoxy) is 1. The van der Waals surface area contributed by atoms with Gasteiger partial charge in [-0.15, -0.1) is 0 Å². The average molecular weight is 599 g/mol. The van der Waals surface area contributed by atoms with Crippen molar-refractivity contribution in [1.82, 2.24) is 15.3 Å². The first-order valence-electron chi connectivity index (χ1n) is 12.9. The third-order valence-corrected chi connectivity index (χ3v) is 7.78. The van der Waals surface area contributed by atoms with Gasteiger partial charge in [0.1, 0.15) is 16.7 Å². The molecule has 0 saturated carbocycles. The molecule has 42 heavy (non-hydrogen) atoms. The van der Waals surface area contributed by atoms with Crippen LogP contribution in [0.3, 0.4) is 0 Å². The second-order valence-corrected chi connectivity index (χ2v) is 10.9. The lowest BCUT2D eigenvalue weighted by Gasteiger charge is -2.34. The number of carbonyl (C=O) groups is 3.